The van der Waals surface area contributed by atoms with Crippen molar-refractivity contribution in [2.24, 2.45) is 17.8 Å². The Morgan fingerprint density at radius 1 is 1.05 bits per heavy atom. The van der Waals surface area contributed by atoms with Gasteiger partial charge in [0.05, 0.1) is 17.9 Å². The Bertz CT molecular complexity index is 1060. The zero-order chi connectivity index (χ0) is 26.3. The van der Waals surface area contributed by atoms with E-state index < -0.39 is 29.6 Å². The van der Waals surface area contributed by atoms with Gasteiger partial charge in [0.1, 0.15) is 11.6 Å². The highest BCUT2D eigenvalue weighted by Crippen LogP contribution is 2.55. The molecule has 1 aromatic rings. The van der Waals surface area contributed by atoms with Crippen molar-refractivity contribution in [2.45, 2.75) is 95.9 Å². The van der Waals surface area contributed by atoms with Crippen molar-refractivity contribution >= 4 is 23.4 Å². The number of ether oxygens (including phenoxy) is 1. The van der Waals surface area contributed by atoms with Crippen LogP contribution in [-0.2, 0) is 19.1 Å². The van der Waals surface area contributed by atoms with Gasteiger partial charge < -0.3 is 20.3 Å². The molecule has 0 unspecified atom stereocenters. The first-order valence-electron chi connectivity index (χ1n) is 14.1. The lowest BCUT2D eigenvalue weighted by atomic mass is 9.74. The predicted octanol–water partition coefficient (Wildman–Crippen LogP) is 4.39. The first kappa shape index (κ1) is 26.0. The molecule has 7 heteroatoms. The van der Waals surface area contributed by atoms with Gasteiger partial charge in [0, 0.05) is 18.3 Å². The van der Waals surface area contributed by atoms with Crippen molar-refractivity contribution in [1.82, 2.24) is 10.2 Å². The summed E-state index contributed by atoms with van der Waals surface area (Å²) in [6, 6.07) is 7.21. The second-order valence-corrected chi connectivity index (χ2v) is 12.0. The lowest BCUT2D eigenvalue weighted by Gasteiger charge is -2.34. The Kier molecular flexibility index (Phi) is 7.18. The Morgan fingerprint density at radius 3 is 2.41 bits per heavy atom. The van der Waals surface area contributed by atoms with Crippen molar-refractivity contribution in [3.8, 4) is 0 Å². The summed E-state index contributed by atoms with van der Waals surface area (Å²) in [6.07, 6.45) is 9.39. The number of anilines is 1. The minimum absolute atomic E-state index is 0.134. The summed E-state index contributed by atoms with van der Waals surface area (Å²) in [5, 5.41) is 6.26. The van der Waals surface area contributed by atoms with Crippen LogP contribution in [0.2, 0.25) is 0 Å². The lowest BCUT2D eigenvalue weighted by molar-refractivity contribution is -0.141. The van der Waals surface area contributed by atoms with Crippen molar-refractivity contribution < 1.29 is 19.1 Å². The smallest absolute Gasteiger partial charge is 0.246 e. The molecular formula is C30H41N3O4. The van der Waals surface area contributed by atoms with Gasteiger partial charge in [-0.2, -0.15) is 0 Å². The first-order valence-corrected chi connectivity index (χ1v) is 14.1. The van der Waals surface area contributed by atoms with E-state index in [4.69, 9.17) is 4.74 Å². The number of fused-ring (bicyclic) bond motifs is 1. The molecule has 5 atom stereocenters. The highest BCUT2D eigenvalue weighted by atomic mass is 16.5. The van der Waals surface area contributed by atoms with Crippen molar-refractivity contribution in [3.05, 3.63) is 42.0 Å². The molecular weight excluding hydrogens is 466 g/mol. The Morgan fingerprint density at radius 2 is 1.76 bits per heavy atom. The van der Waals surface area contributed by atoms with E-state index >= 15 is 0 Å². The largest absolute Gasteiger partial charge is 0.359 e. The van der Waals surface area contributed by atoms with Crippen LogP contribution < -0.4 is 10.6 Å². The van der Waals surface area contributed by atoms with Gasteiger partial charge >= 0.3 is 0 Å². The van der Waals surface area contributed by atoms with Crippen LogP contribution in [-0.4, -0.2) is 53.0 Å². The lowest BCUT2D eigenvalue weighted by Crippen LogP contribution is -2.56. The molecule has 4 aliphatic rings. The number of carbonyl (C=O) groups is 3. The predicted molar refractivity (Wildman–Crippen MR) is 143 cm³/mol. The SMILES string of the molecule is CC(C)CCN1C(=O)[C@H]2[C@@H](C(=O)Nc3ccc(C(C)C)cc3)[C@H]3C=C[C@@]2(O3)[C@@H]1C(=O)NC1CCCCC1. The summed E-state index contributed by atoms with van der Waals surface area (Å²) in [5.41, 5.74) is 0.798. The first-order chi connectivity index (χ1) is 17.7. The normalized spacial score (nSPS) is 30.9. The number of amides is 3. The summed E-state index contributed by atoms with van der Waals surface area (Å²) < 4.78 is 6.44. The summed E-state index contributed by atoms with van der Waals surface area (Å²) in [7, 11) is 0. The van der Waals surface area contributed by atoms with Crippen molar-refractivity contribution in [2.75, 3.05) is 11.9 Å². The van der Waals surface area contributed by atoms with E-state index in [0.29, 0.717) is 24.1 Å². The second-order valence-electron chi connectivity index (χ2n) is 12.0. The fourth-order valence-electron chi connectivity index (χ4n) is 6.61. The van der Waals surface area contributed by atoms with Gasteiger partial charge in [-0.15, -0.1) is 0 Å². The van der Waals surface area contributed by atoms with Crippen LogP contribution in [0.3, 0.4) is 0 Å². The molecule has 3 aliphatic heterocycles. The Hall–Kier alpha value is -2.67. The molecule has 0 radical (unpaired) electrons. The molecule has 1 spiro atoms. The van der Waals surface area contributed by atoms with Gasteiger partial charge in [0.25, 0.3) is 0 Å². The molecule has 7 nitrogen and oxygen atoms in total. The number of nitrogens with one attached hydrogen (secondary N) is 2. The molecule has 200 valence electrons. The number of carbonyl (C=O) groups excluding carboxylic acids is 3. The summed E-state index contributed by atoms with van der Waals surface area (Å²) in [5.74, 6) is -1.12. The maximum absolute atomic E-state index is 13.9. The highest BCUT2D eigenvalue weighted by Gasteiger charge is 2.72. The van der Waals surface area contributed by atoms with Crippen LogP contribution in [0.15, 0.2) is 36.4 Å². The number of nitrogens with zero attached hydrogens (tertiary/aromatic N) is 1. The van der Waals surface area contributed by atoms with Gasteiger partial charge in [0.2, 0.25) is 17.7 Å². The number of likely N-dealkylation sites (tertiary alicyclic amines) is 1. The molecule has 2 saturated heterocycles. The van der Waals surface area contributed by atoms with Crippen LogP contribution in [0, 0.1) is 17.8 Å². The van der Waals surface area contributed by atoms with E-state index in [0.717, 1.165) is 32.1 Å². The van der Waals surface area contributed by atoms with Crippen LogP contribution in [0.25, 0.3) is 0 Å². The second kappa shape index (κ2) is 10.2. The highest BCUT2D eigenvalue weighted by molar-refractivity contribution is 6.02. The zero-order valence-electron chi connectivity index (χ0n) is 22.5. The number of benzene rings is 1. The maximum atomic E-state index is 13.9. The standard InChI is InChI=1S/C30H41N3O4/c1-18(2)15-17-33-26(28(35)32-21-8-6-5-7-9-21)30-16-14-23(37-30)24(25(30)29(33)36)27(34)31-22-12-10-20(11-13-22)19(3)4/h10-14,16,18-19,21,23-26H,5-9,15,17H2,1-4H3,(H,31,34)(H,32,35)/t23-,24+,25-,26+,30+/m1/s1. The van der Waals surface area contributed by atoms with Gasteiger partial charge in [-0.25, -0.2) is 0 Å². The molecule has 5 rings (SSSR count). The summed E-state index contributed by atoms with van der Waals surface area (Å²) in [6.45, 7) is 8.95. The molecule has 37 heavy (non-hydrogen) atoms. The van der Waals surface area contributed by atoms with Crippen LogP contribution in [0.4, 0.5) is 5.69 Å². The molecule has 2 bridgehead atoms. The molecule has 0 aromatic heterocycles. The van der Waals surface area contributed by atoms with Crippen LogP contribution in [0.1, 0.15) is 77.7 Å². The molecule has 1 saturated carbocycles. The van der Waals surface area contributed by atoms with E-state index in [1.165, 1.54) is 12.0 Å². The van der Waals surface area contributed by atoms with E-state index in [1.54, 1.807) is 4.90 Å². The summed E-state index contributed by atoms with van der Waals surface area (Å²) in [4.78, 5) is 43.0. The van der Waals surface area contributed by atoms with E-state index in [1.807, 2.05) is 36.4 Å². The van der Waals surface area contributed by atoms with Crippen molar-refractivity contribution in [1.29, 1.82) is 0 Å². The summed E-state index contributed by atoms with van der Waals surface area (Å²) >= 11 is 0. The zero-order valence-corrected chi connectivity index (χ0v) is 22.5. The fourth-order valence-corrected chi connectivity index (χ4v) is 6.61. The maximum Gasteiger partial charge on any atom is 0.246 e. The van der Waals surface area contributed by atoms with Gasteiger partial charge in [0.15, 0.2) is 0 Å². The number of rotatable bonds is 8. The topological polar surface area (TPSA) is 87.7 Å². The van der Waals surface area contributed by atoms with E-state index in [9.17, 15) is 14.4 Å². The third-order valence-corrected chi connectivity index (χ3v) is 8.67. The minimum Gasteiger partial charge on any atom is -0.359 e. The van der Waals surface area contributed by atoms with E-state index in [-0.39, 0.29) is 23.8 Å². The molecule has 3 heterocycles. The van der Waals surface area contributed by atoms with Crippen molar-refractivity contribution in [3.63, 3.8) is 0 Å². The van der Waals surface area contributed by atoms with Gasteiger partial charge in [-0.1, -0.05) is 71.2 Å². The molecule has 2 N–H and O–H groups in total. The molecule has 1 aromatic carbocycles. The monoisotopic (exact) mass is 507 g/mol. The third-order valence-electron chi connectivity index (χ3n) is 8.67. The molecule has 1 aliphatic carbocycles. The van der Waals surface area contributed by atoms with Gasteiger partial charge in [-0.3, -0.25) is 14.4 Å². The average Bonchev–Trinajstić information content (AvgIpc) is 3.51. The molecule has 3 fully saturated rings. The van der Waals surface area contributed by atoms with Crippen LogP contribution >= 0.6 is 0 Å². The molecule has 3 amide bonds. The Labute approximate surface area is 220 Å². The fraction of sp³-hybridized carbons (Fsp3) is 0.633. The third kappa shape index (κ3) is 4.71. The van der Waals surface area contributed by atoms with Crippen LogP contribution in [0.5, 0.6) is 0 Å². The number of hydrogen-bond donors (Lipinski definition) is 2. The number of hydrogen-bond acceptors (Lipinski definition) is 4. The van der Waals surface area contributed by atoms with E-state index in [2.05, 4.69) is 38.3 Å². The minimum atomic E-state index is -1.10. The Balaban J connectivity index is 1.40. The van der Waals surface area contributed by atoms with Gasteiger partial charge in [-0.05, 0) is 48.8 Å². The average molecular weight is 508 g/mol. The quantitative estimate of drug-likeness (QED) is 0.511.